The number of aromatic nitrogens is 3. The first-order valence-corrected chi connectivity index (χ1v) is 6.14. The van der Waals surface area contributed by atoms with Crippen molar-refractivity contribution in [3.63, 3.8) is 0 Å². The molecule has 2 heterocycles. The van der Waals surface area contributed by atoms with Gasteiger partial charge in [0.1, 0.15) is 16.4 Å². The van der Waals surface area contributed by atoms with E-state index in [1.807, 2.05) is 5.38 Å². The highest BCUT2D eigenvalue weighted by atomic mass is 79.9. The summed E-state index contributed by atoms with van der Waals surface area (Å²) in [4.78, 5) is 4.20. The molecule has 0 aliphatic rings. The predicted molar refractivity (Wildman–Crippen MR) is 64.2 cm³/mol. The molecule has 0 saturated carbocycles. The minimum atomic E-state index is -0.462. The number of nitrogens with one attached hydrogen (secondary N) is 1. The van der Waals surface area contributed by atoms with Crippen molar-refractivity contribution in [1.29, 1.82) is 0 Å². The van der Waals surface area contributed by atoms with Gasteiger partial charge in [0, 0.05) is 25.8 Å². The lowest BCUT2D eigenvalue weighted by molar-refractivity contribution is -0.109. The minimum absolute atomic E-state index is 0.462. The van der Waals surface area contributed by atoms with Crippen molar-refractivity contribution in [2.45, 2.75) is 6.29 Å². The number of ether oxygens (including phenoxy) is 2. The van der Waals surface area contributed by atoms with Crippen LogP contribution in [-0.4, -0.2) is 29.4 Å². The van der Waals surface area contributed by atoms with E-state index in [1.165, 1.54) is 11.3 Å². The number of hydrogen-bond acceptors (Lipinski definition) is 5. The Hall–Kier alpha value is -0.760. The number of thiazole rings is 1. The van der Waals surface area contributed by atoms with E-state index in [-0.39, 0.29) is 0 Å². The Morgan fingerprint density at radius 1 is 1.44 bits per heavy atom. The van der Waals surface area contributed by atoms with Crippen molar-refractivity contribution in [3.8, 4) is 10.7 Å². The van der Waals surface area contributed by atoms with Gasteiger partial charge < -0.3 is 9.47 Å². The zero-order valence-electron chi connectivity index (χ0n) is 8.73. The molecule has 0 atom stereocenters. The molecule has 86 valence electrons. The average Bonchev–Trinajstić information content (AvgIpc) is 2.91. The van der Waals surface area contributed by atoms with Gasteiger partial charge in [-0.25, -0.2) is 4.98 Å². The van der Waals surface area contributed by atoms with Crippen molar-refractivity contribution in [2.75, 3.05) is 14.2 Å². The fraction of sp³-hybridized carbons (Fsp3) is 0.333. The number of H-pyrrole nitrogens is 1. The largest absolute Gasteiger partial charge is 0.350 e. The van der Waals surface area contributed by atoms with Gasteiger partial charge in [0.2, 0.25) is 6.29 Å². The highest BCUT2D eigenvalue weighted by Gasteiger charge is 2.20. The van der Waals surface area contributed by atoms with Crippen LogP contribution in [0, 0.1) is 0 Å². The van der Waals surface area contributed by atoms with Crippen LogP contribution >= 0.6 is 27.3 Å². The quantitative estimate of drug-likeness (QED) is 0.882. The predicted octanol–water partition coefficient (Wildman–Crippen LogP) is 2.59. The number of nitrogens with zero attached hydrogens (tertiary/aromatic N) is 2. The van der Waals surface area contributed by atoms with Crippen LogP contribution in [0.15, 0.2) is 16.0 Å². The van der Waals surface area contributed by atoms with E-state index >= 15 is 0 Å². The van der Waals surface area contributed by atoms with Gasteiger partial charge in [0.25, 0.3) is 0 Å². The van der Waals surface area contributed by atoms with Crippen molar-refractivity contribution >= 4 is 27.3 Å². The maximum absolute atomic E-state index is 5.16. The first-order valence-electron chi connectivity index (χ1n) is 4.47. The summed E-state index contributed by atoms with van der Waals surface area (Å²) in [6.45, 7) is 0. The molecule has 1 N–H and O–H groups in total. The van der Waals surface area contributed by atoms with E-state index in [4.69, 9.17) is 9.47 Å². The second-order valence-corrected chi connectivity index (χ2v) is 4.63. The number of aromatic amines is 1. The van der Waals surface area contributed by atoms with E-state index in [1.54, 1.807) is 20.4 Å². The Bertz CT molecular complexity index is 453. The normalized spacial score (nSPS) is 11.2. The van der Waals surface area contributed by atoms with Crippen LogP contribution < -0.4 is 0 Å². The smallest absolute Gasteiger partial charge is 0.201 e. The number of halogens is 1. The summed E-state index contributed by atoms with van der Waals surface area (Å²) < 4.78 is 11.1. The highest BCUT2D eigenvalue weighted by molar-refractivity contribution is 9.10. The summed E-state index contributed by atoms with van der Waals surface area (Å²) in [5, 5.41) is 9.83. The molecule has 0 aromatic carbocycles. The van der Waals surface area contributed by atoms with Crippen LogP contribution in [0.4, 0.5) is 0 Å². The van der Waals surface area contributed by atoms with E-state index in [0.29, 0.717) is 0 Å². The van der Waals surface area contributed by atoms with Crippen molar-refractivity contribution < 1.29 is 9.47 Å². The van der Waals surface area contributed by atoms with E-state index in [0.717, 1.165) is 20.9 Å². The molecular formula is C9H10BrN3O2S. The molecule has 0 amide bonds. The molecule has 0 aliphatic carbocycles. The molecule has 2 aromatic rings. The van der Waals surface area contributed by atoms with Crippen molar-refractivity contribution in [3.05, 3.63) is 21.7 Å². The van der Waals surface area contributed by atoms with Crippen molar-refractivity contribution in [1.82, 2.24) is 15.2 Å². The molecule has 0 radical (unpaired) electrons. The fourth-order valence-electron chi connectivity index (χ4n) is 1.31. The van der Waals surface area contributed by atoms with Crippen LogP contribution in [0.25, 0.3) is 10.7 Å². The third-order valence-electron chi connectivity index (χ3n) is 2.03. The van der Waals surface area contributed by atoms with Gasteiger partial charge in [0.05, 0.1) is 4.47 Å². The Kier molecular flexibility index (Phi) is 3.70. The summed E-state index contributed by atoms with van der Waals surface area (Å²) in [6.07, 6.45) is 1.28. The minimum Gasteiger partial charge on any atom is -0.350 e. The lowest BCUT2D eigenvalue weighted by Crippen LogP contribution is -2.04. The van der Waals surface area contributed by atoms with Gasteiger partial charge in [0.15, 0.2) is 0 Å². The lowest BCUT2D eigenvalue weighted by Gasteiger charge is -2.11. The maximum Gasteiger partial charge on any atom is 0.201 e. The Morgan fingerprint density at radius 2 is 2.19 bits per heavy atom. The zero-order valence-corrected chi connectivity index (χ0v) is 11.1. The van der Waals surface area contributed by atoms with Crippen LogP contribution in [0.5, 0.6) is 0 Å². The summed E-state index contributed by atoms with van der Waals surface area (Å²) in [7, 11) is 3.15. The maximum atomic E-state index is 5.16. The van der Waals surface area contributed by atoms with E-state index < -0.39 is 6.29 Å². The van der Waals surface area contributed by atoms with Gasteiger partial charge in [-0.05, 0) is 15.9 Å². The van der Waals surface area contributed by atoms with Crippen LogP contribution in [0.3, 0.4) is 0 Å². The number of methoxy groups -OCH3 is 2. The molecule has 2 rings (SSSR count). The van der Waals surface area contributed by atoms with Gasteiger partial charge in [-0.1, -0.05) is 0 Å². The topological polar surface area (TPSA) is 60.0 Å². The first kappa shape index (κ1) is 11.7. The lowest BCUT2D eigenvalue weighted by atomic mass is 10.3. The van der Waals surface area contributed by atoms with E-state index in [9.17, 15) is 0 Å². The zero-order chi connectivity index (χ0) is 11.5. The molecule has 0 aliphatic heterocycles. The first-order chi connectivity index (χ1) is 7.77. The Balaban J connectivity index is 2.38. The SMILES string of the molecule is COC(OC)c1[nH]nc(-c2nccs2)c1Br. The van der Waals surface area contributed by atoms with E-state index in [2.05, 4.69) is 31.1 Å². The average molecular weight is 304 g/mol. The Morgan fingerprint density at radius 3 is 2.75 bits per heavy atom. The second kappa shape index (κ2) is 5.05. The molecule has 0 fully saturated rings. The summed E-state index contributed by atoms with van der Waals surface area (Å²) in [5.74, 6) is 0. The van der Waals surface area contributed by atoms with Crippen LogP contribution in [-0.2, 0) is 9.47 Å². The third kappa shape index (κ3) is 2.03. The van der Waals surface area contributed by atoms with Gasteiger partial charge in [-0.2, -0.15) is 5.10 Å². The molecule has 2 aromatic heterocycles. The summed E-state index contributed by atoms with van der Waals surface area (Å²) in [6, 6.07) is 0. The monoisotopic (exact) mass is 303 g/mol. The number of rotatable bonds is 4. The van der Waals surface area contributed by atoms with Gasteiger partial charge in [-0.15, -0.1) is 11.3 Å². The van der Waals surface area contributed by atoms with Crippen molar-refractivity contribution in [2.24, 2.45) is 0 Å². The summed E-state index contributed by atoms with van der Waals surface area (Å²) in [5.41, 5.74) is 1.51. The van der Waals surface area contributed by atoms with Gasteiger partial charge in [-0.3, -0.25) is 5.10 Å². The molecule has 0 unspecified atom stereocenters. The van der Waals surface area contributed by atoms with Gasteiger partial charge >= 0.3 is 0 Å². The second-order valence-electron chi connectivity index (χ2n) is 2.94. The third-order valence-corrected chi connectivity index (χ3v) is 3.61. The molecular weight excluding hydrogens is 294 g/mol. The molecule has 7 heteroatoms. The molecule has 0 spiro atoms. The molecule has 5 nitrogen and oxygen atoms in total. The number of hydrogen-bond donors (Lipinski definition) is 1. The van der Waals surface area contributed by atoms with Crippen LogP contribution in [0.1, 0.15) is 12.0 Å². The molecule has 0 saturated heterocycles. The standard InChI is InChI=1S/C9H10BrN3O2S/c1-14-9(15-2)7-5(10)6(12-13-7)8-11-3-4-16-8/h3-4,9H,1-2H3,(H,12,13). The molecule has 16 heavy (non-hydrogen) atoms. The highest BCUT2D eigenvalue weighted by Crippen LogP contribution is 2.33. The molecule has 0 bridgehead atoms. The fourth-order valence-corrected chi connectivity index (χ4v) is 2.63. The Labute approximate surface area is 105 Å². The summed E-state index contributed by atoms with van der Waals surface area (Å²) >= 11 is 4.99. The van der Waals surface area contributed by atoms with Crippen LogP contribution in [0.2, 0.25) is 0 Å².